The summed E-state index contributed by atoms with van der Waals surface area (Å²) in [6.45, 7) is -0.0964. The number of nitrogens with one attached hydrogen (secondary N) is 1. The SMILES string of the molecule is Nc1ncc(S(=O)(=O)NCc2ccc(F)cc2)cc1[N+](=O)[O-]. The molecule has 2 rings (SSSR count). The van der Waals surface area contributed by atoms with E-state index in [1.54, 1.807) is 0 Å². The Balaban J connectivity index is 2.21. The molecule has 1 heterocycles. The maximum atomic E-state index is 12.8. The van der Waals surface area contributed by atoms with Crippen LogP contribution < -0.4 is 10.5 Å². The Kier molecular flexibility index (Phi) is 4.33. The highest BCUT2D eigenvalue weighted by Crippen LogP contribution is 2.22. The molecule has 0 aliphatic carbocycles. The average Bonchev–Trinajstić information content (AvgIpc) is 2.46. The van der Waals surface area contributed by atoms with Crippen molar-refractivity contribution in [1.29, 1.82) is 0 Å². The largest absolute Gasteiger partial charge is 0.378 e. The van der Waals surface area contributed by atoms with Crippen molar-refractivity contribution in [3.63, 3.8) is 0 Å². The number of sulfonamides is 1. The van der Waals surface area contributed by atoms with Crippen molar-refractivity contribution in [2.45, 2.75) is 11.4 Å². The Labute approximate surface area is 125 Å². The van der Waals surface area contributed by atoms with Crippen molar-refractivity contribution < 1.29 is 17.7 Å². The molecule has 0 unspecified atom stereocenters. The van der Waals surface area contributed by atoms with Gasteiger partial charge in [0.15, 0.2) is 0 Å². The van der Waals surface area contributed by atoms with Crippen LogP contribution in [0, 0.1) is 15.9 Å². The van der Waals surface area contributed by atoms with Crippen molar-refractivity contribution in [2.24, 2.45) is 0 Å². The lowest BCUT2D eigenvalue weighted by molar-refractivity contribution is -0.384. The highest BCUT2D eigenvalue weighted by Gasteiger charge is 2.21. The van der Waals surface area contributed by atoms with Gasteiger partial charge in [0.05, 0.1) is 4.92 Å². The topological polar surface area (TPSA) is 128 Å². The average molecular weight is 326 g/mol. The lowest BCUT2D eigenvalue weighted by Crippen LogP contribution is -2.23. The maximum absolute atomic E-state index is 12.8. The number of nitrogens with zero attached hydrogens (tertiary/aromatic N) is 2. The molecule has 116 valence electrons. The molecule has 8 nitrogen and oxygen atoms in total. The Hall–Kier alpha value is -2.59. The predicted molar refractivity (Wildman–Crippen MR) is 75.7 cm³/mol. The lowest BCUT2D eigenvalue weighted by atomic mass is 10.2. The molecule has 0 bridgehead atoms. The molecule has 0 saturated carbocycles. The summed E-state index contributed by atoms with van der Waals surface area (Å²) in [5, 5.41) is 10.7. The van der Waals surface area contributed by atoms with Gasteiger partial charge < -0.3 is 5.73 Å². The van der Waals surface area contributed by atoms with E-state index in [0.29, 0.717) is 5.56 Å². The molecule has 2 aromatic rings. The van der Waals surface area contributed by atoms with Gasteiger partial charge in [-0.2, -0.15) is 0 Å². The number of nitrogens with two attached hydrogens (primary N) is 1. The molecule has 1 aromatic carbocycles. The van der Waals surface area contributed by atoms with Gasteiger partial charge in [0.2, 0.25) is 15.8 Å². The number of halogens is 1. The van der Waals surface area contributed by atoms with E-state index in [2.05, 4.69) is 9.71 Å². The van der Waals surface area contributed by atoms with Crippen molar-refractivity contribution in [3.8, 4) is 0 Å². The fraction of sp³-hybridized carbons (Fsp3) is 0.0833. The number of aromatic nitrogens is 1. The third-order valence-corrected chi connectivity index (χ3v) is 4.13. The monoisotopic (exact) mass is 326 g/mol. The molecule has 0 aliphatic rings. The Morgan fingerprint density at radius 1 is 1.32 bits per heavy atom. The van der Waals surface area contributed by atoms with Crippen LogP contribution in [0.15, 0.2) is 41.4 Å². The first-order valence-corrected chi connectivity index (χ1v) is 7.42. The molecular formula is C12H11FN4O4S. The van der Waals surface area contributed by atoms with Crippen LogP contribution in [0.3, 0.4) is 0 Å². The Morgan fingerprint density at radius 3 is 2.55 bits per heavy atom. The number of benzene rings is 1. The van der Waals surface area contributed by atoms with Crippen molar-refractivity contribution in [1.82, 2.24) is 9.71 Å². The van der Waals surface area contributed by atoms with E-state index < -0.39 is 26.5 Å². The number of hydrogen-bond acceptors (Lipinski definition) is 6. The zero-order valence-electron chi connectivity index (χ0n) is 11.1. The summed E-state index contributed by atoms with van der Waals surface area (Å²) in [5.41, 5.74) is 5.25. The van der Waals surface area contributed by atoms with Gasteiger partial charge in [-0.1, -0.05) is 12.1 Å². The van der Waals surface area contributed by atoms with Crippen LogP contribution >= 0.6 is 0 Å². The number of nitro groups is 1. The minimum absolute atomic E-state index is 0.0964. The summed E-state index contributed by atoms with van der Waals surface area (Å²) in [6.07, 6.45) is 0.926. The highest BCUT2D eigenvalue weighted by atomic mass is 32.2. The fourth-order valence-electron chi connectivity index (χ4n) is 1.60. The Bertz CT molecular complexity index is 808. The third-order valence-electron chi connectivity index (χ3n) is 2.76. The first-order valence-electron chi connectivity index (χ1n) is 5.93. The first-order chi connectivity index (χ1) is 10.3. The van der Waals surface area contributed by atoms with Crippen LogP contribution in [0.1, 0.15) is 5.56 Å². The highest BCUT2D eigenvalue weighted by molar-refractivity contribution is 7.89. The van der Waals surface area contributed by atoms with E-state index in [1.165, 1.54) is 24.3 Å². The molecule has 10 heteroatoms. The first kappa shape index (κ1) is 15.8. The third kappa shape index (κ3) is 3.54. The maximum Gasteiger partial charge on any atom is 0.312 e. The predicted octanol–water partition coefficient (Wildman–Crippen LogP) is 1.19. The number of nitrogen functional groups attached to an aromatic ring is 1. The molecule has 0 spiro atoms. The number of hydrogen-bond donors (Lipinski definition) is 2. The van der Waals surface area contributed by atoms with Crippen molar-refractivity contribution in [2.75, 3.05) is 5.73 Å². The van der Waals surface area contributed by atoms with Gasteiger partial charge in [0, 0.05) is 18.8 Å². The molecule has 0 amide bonds. The minimum atomic E-state index is -4.01. The Morgan fingerprint density at radius 2 is 1.95 bits per heavy atom. The van der Waals surface area contributed by atoms with Crippen LogP contribution in [-0.2, 0) is 16.6 Å². The number of rotatable bonds is 5. The molecule has 0 saturated heterocycles. The standard InChI is InChI=1S/C12H11FN4O4S/c13-9-3-1-8(2-4-9)6-16-22(20,21)10-5-11(17(18)19)12(14)15-7-10/h1-5,7,16H,6H2,(H2,14,15). The molecule has 0 fully saturated rings. The van der Waals surface area contributed by atoms with Gasteiger partial charge in [0.1, 0.15) is 10.7 Å². The zero-order valence-corrected chi connectivity index (χ0v) is 11.9. The normalized spacial score (nSPS) is 11.3. The molecule has 1 aromatic heterocycles. The van der Waals surface area contributed by atoms with E-state index >= 15 is 0 Å². The zero-order chi connectivity index (χ0) is 16.3. The second kappa shape index (κ2) is 6.03. The molecule has 0 radical (unpaired) electrons. The molecule has 22 heavy (non-hydrogen) atoms. The number of pyridine rings is 1. The van der Waals surface area contributed by atoms with Gasteiger partial charge in [-0.15, -0.1) is 0 Å². The molecule has 0 atom stereocenters. The van der Waals surface area contributed by atoms with Gasteiger partial charge in [-0.25, -0.2) is 22.5 Å². The summed E-state index contributed by atoms with van der Waals surface area (Å²) in [7, 11) is -4.01. The summed E-state index contributed by atoms with van der Waals surface area (Å²) >= 11 is 0. The van der Waals surface area contributed by atoms with Gasteiger partial charge >= 0.3 is 5.69 Å². The van der Waals surface area contributed by atoms with E-state index in [9.17, 15) is 22.9 Å². The van der Waals surface area contributed by atoms with Crippen LogP contribution in [0.4, 0.5) is 15.9 Å². The van der Waals surface area contributed by atoms with E-state index in [0.717, 1.165) is 12.3 Å². The quantitative estimate of drug-likeness (QED) is 0.627. The van der Waals surface area contributed by atoms with Crippen molar-refractivity contribution in [3.05, 3.63) is 58.0 Å². The van der Waals surface area contributed by atoms with Crippen LogP contribution in [0.2, 0.25) is 0 Å². The second-order valence-electron chi connectivity index (χ2n) is 4.28. The number of anilines is 1. The molecule has 3 N–H and O–H groups in total. The fourth-order valence-corrected chi connectivity index (χ4v) is 2.58. The summed E-state index contributed by atoms with van der Waals surface area (Å²) in [5.74, 6) is -0.813. The minimum Gasteiger partial charge on any atom is -0.378 e. The summed E-state index contributed by atoms with van der Waals surface area (Å²) in [4.78, 5) is 13.1. The molecule has 0 aliphatic heterocycles. The summed E-state index contributed by atoms with van der Waals surface area (Å²) < 4.78 is 39.1. The van der Waals surface area contributed by atoms with Crippen LogP contribution in [0.5, 0.6) is 0 Å². The van der Waals surface area contributed by atoms with Crippen LogP contribution in [-0.4, -0.2) is 18.3 Å². The summed E-state index contributed by atoms with van der Waals surface area (Å²) in [6, 6.07) is 6.05. The van der Waals surface area contributed by atoms with E-state index in [-0.39, 0.29) is 17.3 Å². The van der Waals surface area contributed by atoms with Crippen LogP contribution in [0.25, 0.3) is 0 Å². The van der Waals surface area contributed by atoms with Gasteiger partial charge in [-0.05, 0) is 17.7 Å². The van der Waals surface area contributed by atoms with E-state index in [1.807, 2.05) is 0 Å². The smallest absolute Gasteiger partial charge is 0.312 e. The molecular weight excluding hydrogens is 315 g/mol. The van der Waals surface area contributed by atoms with Gasteiger partial charge in [0.25, 0.3) is 0 Å². The van der Waals surface area contributed by atoms with Crippen molar-refractivity contribution >= 4 is 21.5 Å². The van der Waals surface area contributed by atoms with E-state index in [4.69, 9.17) is 5.73 Å². The lowest BCUT2D eigenvalue weighted by Gasteiger charge is -2.07. The second-order valence-corrected chi connectivity index (χ2v) is 6.05. The van der Waals surface area contributed by atoms with Gasteiger partial charge in [-0.3, -0.25) is 10.1 Å².